The molecule has 0 aromatic carbocycles. The number of ether oxygens (including phenoxy) is 2. The zero-order valence-electron chi connectivity index (χ0n) is 15.4. The Hall–Kier alpha value is -2.45. The molecule has 3 amide bonds. The molecule has 2 aliphatic heterocycles. The molecule has 2 bridgehead atoms. The van der Waals surface area contributed by atoms with Gasteiger partial charge in [0.15, 0.2) is 5.41 Å². The van der Waals surface area contributed by atoms with Crippen molar-refractivity contribution >= 4 is 34.3 Å². The van der Waals surface area contributed by atoms with Crippen LogP contribution in [-0.2, 0) is 42.7 Å². The van der Waals surface area contributed by atoms with Crippen molar-refractivity contribution in [2.45, 2.75) is 31.8 Å². The highest BCUT2D eigenvalue weighted by molar-refractivity contribution is 7.81. The van der Waals surface area contributed by atoms with Gasteiger partial charge in [0.25, 0.3) is 0 Å². The molecule has 2 aliphatic rings. The molecule has 0 aromatic heterocycles. The predicted octanol–water partition coefficient (Wildman–Crippen LogP) is -1.71. The average molecular weight is 423 g/mol. The molecule has 0 spiro atoms. The zero-order valence-corrected chi connectivity index (χ0v) is 16.3. The summed E-state index contributed by atoms with van der Waals surface area (Å²) >= 11 is 0. The first-order valence-electron chi connectivity index (χ1n) is 8.11. The fourth-order valence-electron chi connectivity index (χ4n) is 2.99. The van der Waals surface area contributed by atoms with E-state index >= 15 is 0 Å². The lowest BCUT2D eigenvalue weighted by atomic mass is 9.92. The maximum Gasteiger partial charge on any atom is 0.421 e. The number of rotatable bonds is 8. The Balaban J connectivity index is 2.10. The molecule has 0 unspecified atom stereocenters. The van der Waals surface area contributed by atoms with E-state index in [9.17, 15) is 27.6 Å². The molecular formula is C14H21N3O10S. The summed E-state index contributed by atoms with van der Waals surface area (Å²) in [7, 11) is -2.84. The third-order valence-electron chi connectivity index (χ3n) is 4.59. The van der Waals surface area contributed by atoms with E-state index in [2.05, 4.69) is 13.7 Å². The summed E-state index contributed by atoms with van der Waals surface area (Å²) in [5.41, 5.74) is 3.16. The molecular weight excluding hydrogens is 402 g/mol. The zero-order chi connectivity index (χ0) is 21.3. The van der Waals surface area contributed by atoms with E-state index in [-0.39, 0.29) is 19.4 Å². The van der Waals surface area contributed by atoms with Crippen molar-refractivity contribution in [3.63, 3.8) is 0 Å². The summed E-state index contributed by atoms with van der Waals surface area (Å²) in [5, 5.41) is 0.575. The number of urea groups is 1. The lowest BCUT2D eigenvalue weighted by molar-refractivity contribution is -0.170. The van der Waals surface area contributed by atoms with Crippen LogP contribution in [0.1, 0.15) is 19.8 Å². The van der Waals surface area contributed by atoms with Crippen LogP contribution < -0.4 is 5.73 Å². The second kappa shape index (κ2) is 7.89. The molecule has 158 valence electrons. The van der Waals surface area contributed by atoms with Crippen LogP contribution in [0.4, 0.5) is 4.79 Å². The third kappa shape index (κ3) is 4.02. The van der Waals surface area contributed by atoms with E-state index in [0.717, 1.165) is 26.0 Å². The molecule has 14 heteroatoms. The number of esters is 2. The summed E-state index contributed by atoms with van der Waals surface area (Å²) in [6, 6.07) is -2.35. The minimum Gasteiger partial charge on any atom is -0.468 e. The molecule has 0 aromatic rings. The summed E-state index contributed by atoms with van der Waals surface area (Å²) in [5.74, 6) is -2.88. The van der Waals surface area contributed by atoms with Crippen LogP contribution in [0.15, 0.2) is 0 Å². The smallest absolute Gasteiger partial charge is 0.421 e. The second-order valence-corrected chi connectivity index (χ2v) is 7.67. The van der Waals surface area contributed by atoms with Gasteiger partial charge in [-0.2, -0.15) is 13.5 Å². The van der Waals surface area contributed by atoms with Crippen molar-refractivity contribution in [1.29, 1.82) is 0 Å². The monoisotopic (exact) mass is 423 g/mol. The Kier molecular flexibility index (Phi) is 6.15. The van der Waals surface area contributed by atoms with Crippen molar-refractivity contribution in [2.75, 3.05) is 27.4 Å². The number of amides is 3. The Labute approximate surface area is 160 Å². The summed E-state index contributed by atoms with van der Waals surface area (Å²) in [6.45, 7) is 0.149. The van der Waals surface area contributed by atoms with Gasteiger partial charge in [-0.05, 0) is 19.8 Å². The molecule has 0 saturated carbocycles. The minimum atomic E-state index is -4.84. The van der Waals surface area contributed by atoms with Crippen LogP contribution in [0.3, 0.4) is 0 Å². The fourth-order valence-corrected chi connectivity index (χ4v) is 3.79. The van der Waals surface area contributed by atoms with Gasteiger partial charge < -0.3 is 20.1 Å². The van der Waals surface area contributed by atoms with E-state index in [0.29, 0.717) is 5.06 Å². The van der Waals surface area contributed by atoms with E-state index in [1.165, 1.54) is 0 Å². The Morgan fingerprint density at radius 2 is 1.75 bits per heavy atom. The van der Waals surface area contributed by atoms with Gasteiger partial charge in [-0.3, -0.25) is 14.4 Å². The molecule has 28 heavy (non-hydrogen) atoms. The van der Waals surface area contributed by atoms with Gasteiger partial charge in [-0.1, -0.05) is 0 Å². The lowest BCUT2D eigenvalue weighted by Crippen LogP contribution is -2.47. The molecule has 2 rings (SSSR count). The number of primary amides is 1. The number of fused-ring (bicyclic) bond motifs is 2. The standard InChI is InChI=1S/C14H21N3O10S/c1-14(11(19)24-2,12(20)25-3)7-26-28(22,23)27-17-8-4-5-9(10(15)18)16(6-8)13(17)21/h8-9H,4-7H2,1-3H3,(H2,15,18)/t8-,9+/m1/s1. The summed E-state index contributed by atoms with van der Waals surface area (Å²) < 4.78 is 42.6. The van der Waals surface area contributed by atoms with Crippen LogP contribution in [0.25, 0.3) is 0 Å². The van der Waals surface area contributed by atoms with Crippen molar-refractivity contribution < 1.29 is 45.5 Å². The number of carbonyl (C=O) groups is 4. The first-order chi connectivity index (χ1) is 13.0. The van der Waals surface area contributed by atoms with Crippen LogP contribution in [-0.4, -0.2) is 81.7 Å². The maximum absolute atomic E-state index is 12.3. The number of piperidine rings is 1. The number of hydrogen-bond acceptors (Lipinski definition) is 10. The van der Waals surface area contributed by atoms with E-state index < -0.39 is 58.4 Å². The van der Waals surface area contributed by atoms with Crippen molar-refractivity contribution in [2.24, 2.45) is 11.1 Å². The van der Waals surface area contributed by atoms with E-state index in [1.54, 1.807) is 0 Å². The second-order valence-electron chi connectivity index (χ2n) is 6.47. The molecule has 2 heterocycles. The summed E-state index contributed by atoms with van der Waals surface area (Å²) in [6.07, 6.45) is 0.544. The number of nitrogens with zero attached hydrogens (tertiary/aromatic N) is 2. The molecule has 2 fully saturated rings. The Morgan fingerprint density at radius 1 is 1.18 bits per heavy atom. The molecule has 0 aliphatic carbocycles. The number of hydroxylamine groups is 2. The molecule has 13 nitrogen and oxygen atoms in total. The SMILES string of the molecule is COC(=O)C(C)(COS(=O)(=O)ON1C(=O)N2C[C@H]1CC[C@H]2C(N)=O)C(=O)OC. The minimum absolute atomic E-state index is 0.0595. The van der Waals surface area contributed by atoms with Gasteiger partial charge in [0.2, 0.25) is 5.91 Å². The van der Waals surface area contributed by atoms with Gasteiger partial charge in [0.05, 0.1) is 26.9 Å². The quantitative estimate of drug-likeness (QED) is 0.350. The normalized spacial score (nSPS) is 22.2. The Morgan fingerprint density at radius 3 is 2.25 bits per heavy atom. The highest BCUT2D eigenvalue weighted by atomic mass is 32.3. The Bertz CT molecular complexity index is 766. The van der Waals surface area contributed by atoms with Crippen molar-refractivity contribution in [1.82, 2.24) is 9.96 Å². The van der Waals surface area contributed by atoms with Crippen LogP contribution in [0.5, 0.6) is 0 Å². The van der Waals surface area contributed by atoms with Gasteiger partial charge >= 0.3 is 28.4 Å². The fraction of sp³-hybridized carbons (Fsp3) is 0.714. The third-order valence-corrected chi connectivity index (χ3v) is 5.34. The number of hydrogen-bond donors (Lipinski definition) is 1. The first-order valence-corrected chi connectivity index (χ1v) is 9.45. The first kappa shape index (κ1) is 21.8. The largest absolute Gasteiger partial charge is 0.468 e. The van der Waals surface area contributed by atoms with Crippen LogP contribution in [0, 0.1) is 5.41 Å². The predicted molar refractivity (Wildman–Crippen MR) is 88.0 cm³/mol. The average Bonchev–Trinajstić information content (AvgIpc) is 2.88. The molecule has 2 atom stereocenters. The number of nitrogens with two attached hydrogens (primary N) is 1. The van der Waals surface area contributed by atoms with Gasteiger partial charge in [-0.25, -0.2) is 8.98 Å². The summed E-state index contributed by atoms with van der Waals surface area (Å²) in [4.78, 5) is 48.6. The maximum atomic E-state index is 12.3. The highest BCUT2D eigenvalue weighted by Crippen LogP contribution is 2.31. The number of methoxy groups -OCH3 is 2. The molecule has 2 saturated heterocycles. The van der Waals surface area contributed by atoms with Crippen LogP contribution >= 0.6 is 0 Å². The number of carbonyl (C=O) groups excluding carboxylic acids is 4. The van der Waals surface area contributed by atoms with E-state index in [4.69, 9.17) is 10.0 Å². The van der Waals surface area contributed by atoms with Crippen molar-refractivity contribution in [3.05, 3.63) is 0 Å². The topological polar surface area (TPSA) is 172 Å². The van der Waals surface area contributed by atoms with Gasteiger partial charge in [0.1, 0.15) is 6.04 Å². The van der Waals surface area contributed by atoms with Gasteiger partial charge in [-0.15, -0.1) is 4.28 Å². The molecule has 2 N–H and O–H groups in total. The van der Waals surface area contributed by atoms with Crippen molar-refractivity contribution in [3.8, 4) is 0 Å². The van der Waals surface area contributed by atoms with E-state index in [1.807, 2.05) is 0 Å². The lowest BCUT2D eigenvalue weighted by Gasteiger charge is -2.27. The highest BCUT2D eigenvalue weighted by Gasteiger charge is 2.50. The van der Waals surface area contributed by atoms with Crippen LogP contribution in [0.2, 0.25) is 0 Å². The van der Waals surface area contributed by atoms with Gasteiger partial charge in [0, 0.05) is 6.54 Å². The molecule has 0 radical (unpaired) electrons.